The molecule has 0 amide bonds. The van der Waals surface area contributed by atoms with Gasteiger partial charge in [-0.15, -0.1) is 0 Å². The lowest BCUT2D eigenvalue weighted by atomic mass is 9.92. The van der Waals surface area contributed by atoms with Crippen molar-refractivity contribution in [3.05, 3.63) is 17.5 Å². The van der Waals surface area contributed by atoms with Gasteiger partial charge >= 0.3 is 0 Å². The van der Waals surface area contributed by atoms with Gasteiger partial charge in [-0.2, -0.15) is 5.10 Å². The van der Waals surface area contributed by atoms with Crippen LogP contribution in [0.5, 0.6) is 0 Å². The third-order valence-electron chi connectivity index (χ3n) is 2.64. The molecule has 1 aromatic heterocycles. The summed E-state index contributed by atoms with van der Waals surface area (Å²) in [6, 6.07) is 2.03. The van der Waals surface area contributed by atoms with Crippen LogP contribution in [0.15, 0.2) is 6.07 Å². The highest BCUT2D eigenvalue weighted by atomic mass is 16.1. The molecule has 3 nitrogen and oxygen atoms in total. The van der Waals surface area contributed by atoms with E-state index in [9.17, 15) is 4.79 Å². The molecule has 0 aromatic carbocycles. The van der Waals surface area contributed by atoms with Crippen molar-refractivity contribution in [2.24, 2.45) is 0 Å². The number of carbonyl (C=O) groups excluding carboxylic acids is 1. The molecule has 13 heavy (non-hydrogen) atoms. The molecule has 3 heteroatoms. The maximum absolute atomic E-state index is 11.3. The van der Waals surface area contributed by atoms with E-state index < -0.39 is 0 Å². The van der Waals surface area contributed by atoms with Crippen molar-refractivity contribution in [2.75, 3.05) is 0 Å². The van der Waals surface area contributed by atoms with Crippen molar-refractivity contribution in [1.29, 1.82) is 0 Å². The molecular formula is C10H14N2O. The van der Waals surface area contributed by atoms with Crippen molar-refractivity contribution in [3.63, 3.8) is 0 Å². The Hall–Kier alpha value is -1.12. The molecule has 0 spiro atoms. The van der Waals surface area contributed by atoms with Crippen LogP contribution in [0.25, 0.3) is 0 Å². The van der Waals surface area contributed by atoms with Crippen molar-refractivity contribution >= 4 is 5.78 Å². The van der Waals surface area contributed by atoms with E-state index in [0.717, 1.165) is 30.8 Å². The fraction of sp³-hybridized carbons (Fsp3) is 0.600. The monoisotopic (exact) mass is 178 g/mol. The van der Waals surface area contributed by atoms with Gasteiger partial charge in [0.1, 0.15) is 5.78 Å². The number of aromatic nitrogens is 2. The zero-order valence-electron chi connectivity index (χ0n) is 8.08. The van der Waals surface area contributed by atoms with E-state index in [1.54, 1.807) is 6.92 Å². The third-order valence-corrected chi connectivity index (χ3v) is 2.64. The fourth-order valence-electron chi connectivity index (χ4n) is 2.03. The largest absolute Gasteiger partial charge is 0.299 e. The van der Waals surface area contributed by atoms with Crippen LogP contribution in [-0.2, 0) is 11.3 Å². The lowest BCUT2D eigenvalue weighted by Gasteiger charge is -2.20. The van der Waals surface area contributed by atoms with Gasteiger partial charge in [-0.1, -0.05) is 0 Å². The van der Waals surface area contributed by atoms with Crippen LogP contribution in [0.1, 0.15) is 37.1 Å². The number of aryl methyl sites for hydroxylation is 2. The van der Waals surface area contributed by atoms with Crippen LogP contribution in [0.3, 0.4) is 0 Å². The summed E-state index contributed by atoms with van der Waals surface area (Å²) < 4.78 is 1.98. The van der Waals surface area contributed by atoms with E-state index in [4.69, 9.17) is 0 Å². The number of hydrogen-bond donors (Lipinski definition) is 0. The first-order valence-corrected chi connectivity index (χ1v) is 4.73. The molecular weight excluding hydrogens is 164 g/mol. The topological polar surface area (TPSA) is 34.9 Å². The minimum Gasteiger partial charge on any atom is -0.299 e. The molecule has 2 rings (SSSR count). The molecule has 1 atom stereocenters. The van der Waals surface area contributed by atoms with Gasteiger partial charge in [0.05, 0.1) is 11.6 Å². The maximum atomic E-state index is 11.3. The van der Waals surface area contributed by atoms with Crippen molar-refractivity contribution in [3.8, 4) is 0 Å². The zero-order valence-corrected chi connectivity index (χ0v) is 8.08. The molecule has 0 fully saturated rings. The second-order valence-corrected chi connectivity index (χ2v) is 3.74. The Balaban J connectivity index is 2.41. The Kier molecular flexibility index (Phi) is 1.94. The molecule has 2 heterocycles. The molecule has 0 radical (unpaired) electrons. The van der Waals surface area contributed by atoms with Gasteiger partial charge in [-0.3, -0.25) is 9.48 Å². The van der Waals surface area contributed by atoms with E-state index in [1.807, 2.05) is 17.7 Å². The van der Waals surface area contributed by atoms with E-state index in [-0.39, 0.29) is 11.7 Å². The van der Waals surface area contributed by atoms with Gasteiger partial charge in [0.2, 0.25) is 0 Å². The minimum atomic E-state index is 0.0925. The van der Waals surface area contributed by atoms with E-state index >= 15 is 0 Å². The number of ketones is 1. The summed E-state index contributed by atoms with van der Waals surface area (Å²) in [5.41, 5.74) is 2.12. The number of nitrogens with zero attached hydrogens (tertiary/aromatic N) is 2. The highest BCUT2D eigenvalue weighted by Crippen LogP contribution is 2.27. The molecule has 1 unspecified atom stereocenters. The Morgan fingerprint density at radius 1 is 1.69 bits per heavy atom. The highest BCUT2D eigenvalue weighted by Gasteiger charge is 2.24. The maximum Gasteiger partial charge on any atom is 0.138 e. The number of fused-ring (bicyclic) bond motifs is 1. The Labute approximate surface area is 77.7 Å². The van der Waals surface area contributed by atoms with Crippen molar-refractivity contribution in [1.82, 2.24) is 9.78 Å². The standard InChI is InChI=1S/C10H14N2O/c1-7-6-10-9(8(2)13)4-3-5-12(10)11-7/h6,9H,3-5H2,1-2H3. The summed E-state index contributed by atoms with van der Waals surface area (Å²) in [5, 5.41) is 4.35. The van der Waals surface area contributed by atoms with Crippen LogP contribution in [0.2, 0.25) is 0 Å². The van der Waals surface area contributed by atoms with Gasteiger partial charge in [0.25, 0.3) is 0 Å². The van der Waals surface area contributed by atoms with Gasteiger partial charge in [-0.25, -0.2) is 0 Å². The first-order valence-electron chi connectivity index (χ1n) is 4.73. The average molecular weight is 178 g/mol. The summed E-state index contributed by atoms with van der Waals surface area (Å²) in [6.45, 7) is 4.61. The van der Waals surface area contributed by atoms with Crippen LogP contribution < -0.4 is 0 Å². The van der Waals surface area contributed by atoms with Gasteiger partial charge in [-0.05, 0) is 32.8 Å². The number of carbonyl (C=O) groups is 1. The molecule has 70 valence electrons. The van der Waals surface area contributed by atoms with Gasteiger partial charge in [0, 0.05) is 12.2 Å². The van der Waals surface area contributed by atoms with E-state index in [0.29, 0.717) is 0 Å². The SMILES string of the molecule is CC(=O)C1CCCn2nc(C)cc21. The zero-order chi connectivity index (χ0) is 9.42. The number of Topliss-reactive ketones (excluding diaryl/α,β-unsaturated/α-hetero) is 1. The Bertz CT molecular complexity index is 341. The van der Waals surface area contributed by atoms with Gasteiger partial charge in [0.15, 0.2) is 0 Å². The fourth-order valence-corrected chi connectivity index (χ4v) is 2.03. The molecule has 0 N–H and O–H groups in total. The van der Waals surface area contributed by atoms with Crippen LogP contribution in [0.4, 0.5) is 0 Å². The molecule has 1 aromatic rings. The second-order valence-electron chi connectivity index (χ2n) is 3.74. The highest BCUT2D eigenvalue weighted by molar-refractivity contribution is 5.83. The number of hydrogen-bond acceptors (Lipinski definition) is 2. The van der Waals surface area contributed by atoms with Crippen LogP contribution in [-0.4, -0.2) is 15.6 Å². The summed E-state index contributed by atoms with van der Waals surface area (Å²) in [7, 11) is 0. The predicted octanol–water partition coefficient (Wildman–Crippen LogP) is 1.66. The Morgan fingerprint density at radius 3 is 3.15 bits per heavy atom. The first-order chi connectivity index (χ1) is 6.18. The molecule has 0 saturated heterocycles. The smallest absolute Gasteiger partial charge is 0.138 e. The van der Waals surface area contributed by atoms with E-state index in [1.165, 1.54) is 0 Å². The van der Waals surface area contributed by atoms with Crippen molar-refractivity contribution < 1.29 is 4.79 Å². The quantitative estimate of drug-likeness (QED) is 0.655. The normalized spacial score (nSPS) is 21.2. The minimum absolute atomic E-state index is 0.0925. The lowest BCUT2D eigenvalue weighted by Crippen LogP contribution is -2.20. The third kappa shape index (κ3) is 1.39. The summed E-state index contributed by atoms with van der Waals surface area (Å²) >= 11 is 0. The molecule has 0 bridgehead atoms. The molecule has 0 saturated carbocycles. The van der Waals surface area contributed by atoms with Crippen LogP contribution >= 0.6 is 0 Å². The second kappa shape index (κ2) is 2.98. The van der Waals surface area contributed by atoms with Crippen molar-refractivity contribution in [2.45, 2.75) is 39.2 Å². The predicted molar refractivity (Wildman–Crippen MR) is 49.6 cm³/mol. The Morgan fingerprint density at radius 2 is 2.46 bits per heavy atom. The molecule has 1 aliphatic heterocycles. The number of rotatable bonds is 1. The molecule has 0 aliphatic carbocycles. The van der Waals surface area contributed by atoms with E-state index in [2.05, 4.69) is 5.10 Å². The summed E-state index contributed by atoms with van der Waals surface area (Å²) in [5.74, 6) is 0.357. The molecule has 1 aliphatic rings. The average Bonchev–Trinajstić information content (AvgIpc) is 2.43. The van der Waals surface area contributed by atoms with Gasteiger partial charge < -0.3 is 0 Å². The van der Waals surface area contributed by atoms with Crippen LogP contribution in [0, 0.1) is 6.92 Å². The first kappa shape index (κ1) is 8.48. The lowest BCUT2D eigenvalue weighted by molar-refractivity contribution is -0.118. The summed E-state index contributed by atoms with van der Waals surface area (Å²) in [4.78, 5) is 11.3. The summed E-state index contributed by atoms with van der Waals surface area (Å²) in [6.07, 6.45) is 2.05.